The first-order chi connectivity index (χ1) is 17.7. The molecular weight excluding hydrogens is 450 g/mol. The summed E-state index contributed by atoms with van der Waals surface area (Å²) < 4.78 is 13.4. The van der Waals surface area contributed by atoms with E-state index in [1.807, 2.05) is 44.3 Å². The van der Waals surface area contributed by atoms with Gasteiger partial charge in [0.15, 0.2) is 0 Å². The van der Waals surface area contributed by atoms with Crippen LogP contribution in [0, 0.1) is 19.8 Å². The van der Waals surface area contributed by atoms with Crippen LogP contribution in [0.25, 0.3) is 33.2 Å². The molecule has 0 unspecified atom stereocenters. The maximum absolute atomic E-state index is 5.57. The van der Waals surface area contributed by atoms with Crippen molar-refractivity contribution in [3.8, 4) is 11.1 Å². The number of para-hydroxylation sites is 2. The molecule has 0 saturated carbocycles. The standard InChI is InChI=1S/C29H31N5O2/c1-19-29(20(2)36-33-19)22-7-9-27-26(17-22)32-28(34(27)14-11-21-12-15-35-16-13-21)10-8-23-18-30-24-5-3-4-6-25(24)31-23/h3-7,9,17-18,21H,8,10-16H2,1-2H3. The summed E-state index contributed by atoms with van der Waals surface area (Å²) >= 11 is 0. The van der Waals surface area contributed by atoms with Gasteiger partial charge in [0.05, 0.1) is 33.5 Å². The van der Waals surface area contributed by atoms with Crippen LogP contribution in [0.3, 0.4) is 0 Å². The van der Waals surface area contributed by atoms with E-state index in [9.17, 15) is 0 Å². The number of aromatic nitrogens is 5. The molecule has 4 heterocycles. The molecule has 36 heavy (non-hydrogen) atoms. The Hall–Kier alpha value is -3.58. The molecule has 1 aliphatic heterocycles. The lowest BCUT2D eigenvalue weighted by molar-refractivity contribution is 0.0626. The van der Waals surface area contributed by atoms with Crippen LogP contribution in [0.15, 0.2) is 53.2 Å². The van der Waals surface area contributed by atoms with Crippen LogP contribution in [0.2, 0.25) is 0 Å². The van der Waals surface area contributed by atoms with E-state index in [-0.39, 0.29) is 0 Å². The fraction of sp³-hybridized carbons (Fsp3) is 0.379. The topological polar surface area (TPSA) is 78.9 Å². The van der Waals surface area contributed by atoms with Gasteiger partial charge in [-0.1, -0.05) is 23.4 Å². The molecule has 1 saturated heterocycles. The Bertz CT molecular complexity index is 1490. The Morgan fingerprint density at radius 2 is 1.78 bits per heavy atom. The van der Waals surface area contributed by atoms with Crippen LogP contribution in [0.1, 0.15) is 42.2 Å². The van der Waals surface area contributed by atoms with Crippen molar-refractivity contribution in [3.05, 3.63) is 71.6 Å². The first-order valence-electron chi connectivity index (χ1n) is 12.9. The first-order valence-corrected chi connectivity index (χ1v) is 12.9. The van der Waals surface area contributed by atoms with Crippen molar-refractivity contribution in [1.29, 1.82) is 0 Å². The predicted molar refractivity (Wildman–Crippen MR) is 140 cm³/mol. The van der Waals surface area contributed by atoms with Gasteiger partial charge < -0.3 is 13.8 Å². The molecule has 5 aromatic rings. The van der Waals surface area contributed by atoms with Gasteiger partial charge >= 0.3 is 0 Å². The molecule has 0 aliphatic carbocycles. The SMILES string of the molecule is Cc1noc(C)c1-c1ccc2c(c1)nc(CCc1cnc3ccccc3n1)n2CCC1CCOCC1. The zero-order valence-electron chi connectivity index (χ0n) is 20.9. The number of hydrogen-bond donors (Lipinski definition) is 0. The van der Waals surface area contributed by atoms with Crippen LogP contribution in [0.4, 0.5) is 0 Å². The van der Waals surface area contributed by atoms with Crippen molar-refractivity contribution >= 4 is 22.1 Å². The quantitative estimate of drug-likeness (QED) is 0.290. The monoisotopic (exact) mass is 481 g/mol. The average Bonchev–Trinajstić information content (AvgIpc) is 3.44. The summed E-state index contributed by atoms with van der Waals surface area (Å²) in [5, 5.41) is 4.14. The second kappa shape index (κ2) is 9.82. The van der Waals surface area contributed by atoms with Crippen LogP contribution in [-0.2, 0) is 24.1 Å². The van der Waals surface area contributed by atoms with Gasteiger partial charge in [-0.3, -0.25) is 4.98 Å². The third kappa shape index (κ3) is 4.51. The molecule has 7 heteroatoms. The second-order valence-electron chi connectivity index (χ2n) is 9.78. The third-order valence-corrected chi connectivity index (χ3v) is 7.35. The number of rotatable bonds is 7. The summed E-state index contributed by atoms with van der Waals surface area (Å²) in [6.07, 6.45) is 6.94. The van der Waals surface area contributed by atoms with E-state index in [0.29, 0.717) is 5.92 Å². The minimum atomic E-state index is 0.706. The number of fused-ring (bicyclic) bond motifs is 2. The maximum atomic E-state index is 5.57. The first kappa shape index (κ1) is 22.9. The van der Waals surface area contributed by atoms with E-state index in [1.165, 1.54) is 5.52 Å². The van der Waals surface area contributed by atoms with Gasteiger partial charge in [-0.15, -0.1) is 0 Å². The van der Waals surface area contributed by atoms with Crippen molar-refractivity contribution < 1.29 is 9.26 Å². The van der Waals surface area contributed by atoms with Crippen LogP contribution in [-0.4, -0.2) is 37.9 Å². The van der Waals surface area contributed by atoms with E-state index in [2.05, 4.69) is 32.9 Å². The van der Waals surface area contributed by atoms with Crippen molar-refractivity contribution in [2.45, 2.75) is 52.5 Å². The fourth-order valence-electron chi connectivity index (χ4n) is 5.37. The van der Waals surface area contributed by atoms with E-state index in [4.69, 9.17) is 19.2 Å². The summed E-state index contributed by atoms with van der Waals surface area (Å²) in [5.74, 6) is 2.64. The fourth-order valence-corrected chi connectivity index (χ4v) is 5.37. The van der Waals surface area contributed by atoms with Crippen molar-refractivity contribution in [2.24, 2.45) is 5.92 Å². The molecule has 0 bridgehead atoms. The number of benzene rings is 2. The number of aryl methyl sites for hydroxylation is 5. The molecule has 0 atom stereocenters. The number of hydrogen-bond acceptors (Lipinski definition) is 6. The summed E-state index contributed by atoms with van der Waals surface area (Å²) in [5.41, 5.74) is 8.11. The van der Waals surface area contributed by atoms with Gasteiger partial charge in [-0.2, -0.15) is 0 Å². The summed E-state index contributed by atoms with van der Waals surface area (Å²) in [6, 6.07) is 14.6. The summed E-state index contributed by atoms with van der Waals surface area (Å²) in [4.78, 5) is 14.5. The summed E-state index contributed by atoms with van der Waals surface area (Å²) in [6.45, 7) is 6.67. The second-order valence-corrected chi connectivity index (χ2v) is 9.78. The Kier molecular flexibility index (Phi) is 6.23. The van der Waals surface area contributed by atoms with Crippen LogP contribution >= 0.6 is 0 Å². The van der Waals surface area contributed by atoms with Crippen LogP contribution in [0.5, 0.6) is 0 Å². The normalized spacial score (nSPS) is 14.7. The largest absolute Gasteiger partial charge is 0.381 e. The molecule has 0 N–H and O–H groups in total. The lowest BCUT2D eigenvalue weighted by Gasteiger charge is -2.22. The molecule has 0 amide bonds. The lowest BCUT2D eigenvalue weighted by atomic mass is 9.96. The van der Waals surface area contributed by atoms with Gasteiger partial charge in [0.1, 0.15) is 11.6 Å². The molecule has 1 aliphatic rings. The van der Waals surface area contributed by atoms with Crippen molar-refractivity contribution in [3.63, 3.8) is 0 Å². The van der Waals surface area contributed by atoms with E-state index >= 15 is 0 Å². The summed E-state index contributed by atoms with van der Waals surface area (Å²) in [7, 11) is 0. The highest BCUT2D eigenvalue weighted by Crippen LogP contribution is 2.31. The molecule has 6 rings (SSSR count). The Labute approximate surface area is 210 Å². The van der Waals surface area contributed by atoms with Gasteiger partial charge in [-0.05, 0) is 75.3 Å². The number of ether oxygens (including phenoxy) is 1. The zero-order valence-corrected chi connectivity index (χ0v) is 20.9. The third-order valence-electron chi connectivity index (χ3n) is 7.35. The molecule has 0 radical (unpaired) electrons. The van der Waals surface area contributed by atoms with E-state index < -0.39 is 0 Å². The number of nitrogens with zero attached hydrogens (tertiary/aromatic N) is 5. The lowest BCUT2D eigenvalue weighted by Crippen LogP contribution is -2.18. The van der Waals surface area contributed by atoms with Gasteiger partial charge in [0.2, 0.25) is 0 Å². The highest BCUT2D eigenvalue weighted by atomic mass is 16.5. The van der Waals surface area contributed by atoms with Gasteiger partial charge in [0, 0.05) is 37.9 Å². The highest BCUT2D eigenvalue weighted by Gasteiger charge is 2.18. The van der Waals surface area contributed by atoms with Crippen molar-refractivity contribution in [1.82, 2.24) is 24.7 Å². The Balaban J connectivity index is 1.32. The molecule has 1 fully saturated rings. The minimum Gasteiger partial charge on any atom is -0.381 e. The Morgan fingerprint density at radius 1 is 0.944 bits per heavy atom. The smallest absolute Gasteiger partial charge is 0.141 e. The van der Waals surface area contributed by atoms with Crippen molar-refractivity contribution in [2.75, 3.05) is 13.2 Å². The molecule has 0 spiro atoms. The highest BCUT2D eigenvalue weighted by molar-refractivity contribution is 5.83. The molecule has 2 aromatic carbocycles. The predicted octanol–water partition coefficient (Wildman–Crippen LogP) is 5.85. The average molecular weight is 482 g/mol. The zero-order chi connectivity index (χ0) is 24.5. The van der Waals surface area contributed by atoms with Gasteiger partial charge in [0.25, 0.3) is 0 Å². The maximum Gasteiger partial charge on any atom is 0.141 e. The van der Waals surface area contributed by atoms with E-state index in [1.54, 1.807) is 0 Å². The van der Waals surface area contributed by atoms with E-state index in [0.717, 1.165) is 103 Å². The number of imidazole rings is 1. The molecule has 3 aromatic heterocycles. The minimum absolute atomic E-state index is 0.706. The van der Waals surface area contributed by atoms with Gasteiger partial charge in [-0.25, -0.2) is 9.97 Å². The van der Waals surface area contributed by atoms with Crippen LogP contribution < -0.4 is 0 Å². The Morgan fingerprint density at radius 3 is 2.58 bits per heavy atom. The molecule has 184 valence electrons. The molecule has 7 nitrogen and oxygen atoms in total. The molecular formula is C29H31N5O2.